The zero-order chi connectivity index (χ0) is 17.3. The number of carbonyl (C=O) groups is 1. The lowest BCUT2D eigenvalue weighted by molar-refractivity contribution is -0.159. The van der Waals surface area contributed by atoms with E-state index in [1.165, 1.54) is 6.07 Å². The Bertz CT molecular complexity index is 753. The van der Waals surface area contributed by atoms with Gasteiger partial charge in [0.2, 0.25) is 5.82 Å². The Morgan fingerprint density at radius 2 is 2.08 bits per heavy atom. The van der Waals surface area contributed by atoms with Crippen molar-refractivity contribution in [1.29, 1.82) is 0 Å². The smallest absolute Gasteiger partial charge is 0.373 e. The summed E-state index contributed by atoms with van der Waals surface area (Å²) in [5.41, 5.74) is -0.226. The lowest BCUT2D eigenvalue weighted by Gasteiger charge is -2.05. The minimum Gasteiger partial charge on any atom is -0.373 e. The van der Waals surface area contributed by atoms with Crippen LogP contribution in [0.5, 0.6) is 0 Å². The molecule has 1 fully saturated rings. The standard InChI is InChI=1S/C15H12F4N2O3/c16-11-5-9(13-20-14(24-21-13)15(17,18)19)3-4-10(11)12(22)7-23-6-8-1-2-8/h3-5,8H,1-2,6-7H2. The predicted molar refractivity (Wildman–Crippen MR) is 72.6 cm³/mol. The molecule has 0 saturated heterocycles. The maximum absolute atomic E-state index is 14.0. The van der Waals surface area contributed by atoms with Gasteiger partial charge in [-0.05, 0) is 30.9 Å². The monoisotopic (exact) mass is 344 g/mol. The molecule has 3 rings (SSSR count). The molecule has 0 amide bonds. The van der Waals surface area contributed by atoms with Crippen molar-refractivity contribution in [2.45, 2.75) is 19.0 Å². The van der Waals surface area contributed by atoms with E-state index < -0.39 is 29.5 Å². The minimum atomic E-state index is -4.78. The van der Waals surface area contributed by atoms with Crippen LogP contribution in [0.15, 0.2) is 22.7 Å². The quantitative estimate of drug-likeness (QED) is 0.593. The lowest BCUT2D eigenvalue weighted by Crippen LogP contribution is -2.12. The van der Waals surface area contributed by atoms with Crippen LogP contribution in [0.25, 0.3) is 11.4 Å². The van der Waals surface area contributed by atoms with Gasteiger partial charge in [-0.25, -0.2) is 4.39 Å². The summed E-state index contributed by atoms with van der Waals surface area (Å²) in [6, 6.07) is 3.30. The molecule has 0 N–H and O–H groups in total. The van der Waals surface area contributed by atoms with Crippen LogP contribution in [0.1, 0.15) is 29.1 Å². The van der Waals surface area contributed by atoms with Gasteiger partial charge in [0.25, 0.3) is 0 Å². The van der Waals surface area contributed by atoms with Gasteiger partial charge in [0.05, 0.1) is 12.2 Å². The van der Waals surface area contributed by atoms with Crippen molar-refractivity contribution in [3.8, 4) is 11.4 Å². The normalized spacial score (nSPS) is 14.8. The third kappa shape index (κ3) is 3.78. The molecule has 5 nitrogen and oxygen atoms in total. The number of carbonyl (C=O) groups excluding carboxylic acids is 1. The van der Waals surface area contributed by atoms with Crippen molar-refractivity contribution >= 4 is 5.78 Å². The van der Waals surface area contributed by atoms with Crippen LogP contribution >= 0.6 is 0 Å². The average Bonchev–Trinajstić information content (AvgIpc) is 3.18. The molecule has 128 valence electrons. The number of ether oxygens (including phenoxy) is 1. The van der Waals surface area contributed by atoms with Gasteiger partial charge in [0, 0.05) is 5.56 Å². The number of halogens is 4. The van der Waals surface area contributed by atoms with Gasteiger partial charge in [-0.15, -0.1) is 0 Å². The Labute approximate surface area is 133 Å². The maximum Gasteiger partial charge on any atom is 0.471 e. The van der Waals surface area contributed by atoms with E-state index in [0.717, 1.165) is 25.0 Å². The SMILES string of the molecule is O=C(COCC1CC1)c1ccc(-c2noc(C(F)(F)F)n2)cc1F. The predicted octanol–water partition coefficient (Wildman–Crippen LogP) is 3.50. The molecule has 0 bridgehead atoms. The van der Waals surface area contributed by atoms with E-state index in [9.17, 15) is 22.4 Å². The van der Waals surface area contributed by atoms with E-state index in [1.807, 2.05) is 0 Å². The van der Waals surface area contributed by atoms with E-state index >= 15 is 0 Å². The van der Waals surface area contributed by atoms with Crippen molar-refractivity contribution < 1.29 is 31.6 Å². The summed E-state index contributed by atoms with van der Waals surface area (Å²) in [4.78, 5) is 15.1. The molecule has 0 radical (unpaired) electrons. The number of benzene rings is 1. The number of nitrogens with zero attached hydrogens (tertiary/aromatic N) is 2. The second kappa shape index (κ2) is 6.31. The molecule has 24 heavy (non-hydrogen) atoms. The fourth-order valence-corrected chi connectivity index (χ4v) is 2.02. The second-order valence-electron chi connectivity index (χ2n) is 5.50. The molecule has 1 heterocycles. The molecular formula is C15H12F4N2O3. The largest absolute Gasteiger partial charge is 0.471 e. The number of hydrogen-bond donors (Lipinski definition) is 0. The van der Waals surface area contributed by atoms with Crippen LogP contribution in [0, 0.1) is 11.7 Å². The summed E-state index contributed by atoms with van der Waals surface area (Å²) in [7, 11) is 0. The molecule has 0 spiro atoms. The number of hydrogen-bond acceptors (Lipinski definition) is 5. The number of ketones is 1. The first kappa shape index (κ1) is 16.6. The first-order valence-electron chi connectivity index (χ1n) is 7.16. The topological polar surface area (TPSA) is 65.2 Å². The zero-order valence-corrected chi connectivity index (χ0v) is 12.3. The first-order valence-corrected chi connectivity index (χ1v) is 7.16. The van der Waals surface area contributed by atoms with Crippen LogP contribution in [0.2, 0.25) is 0 Å². The summed E-state index contributed by atoms with van der Waals surface area (Å²) in [5, 5.41) is 3.16. The maximum atomic E-state index is 14.0. The highest BCUT2D eigenvalue weighted by Gasteiger charge is 2.38. The lowest BCUT2D eigenvalue weighted by atomic mass is 10.1. The Morgan fingerprint density at radius 3 is 2.67 bits per heavy atom. The molecule has 2 aromatic rings. The summed E-state index contributed by atoms with van der Waals surface area (Å²) in [6.45, 7) is 0.224. The van der Waals surface area contributed by atoms with Crippen molar-refractivity contribution in [2.75, 3.05) is 13.2 Å². The fraction of sp³-hybridized carbons (Fsp3) is 0.400. The number of aromatic nitrogens is 2. The van der Waals surface area contributed by atoms with Crippen LogP contribution in [-0.4, -0.2) is 29.1 Å². The Morgan fingerprint density at radius 1 is 1.33 bits per heavy atom. The fourth-order valence-electron chi connectivity index (χ4n) is 2.02. The van der Waals surface area contributed by atoms with Crippen molar-refractivity contribution in [3.63, 3.8) is 0 Å². The number of Topliss-reactive ketones (excluding diaryl/α,β-unsaturated/α-hetero) is 1. The van der Waals surface area contributed by atoms with Gasteiger partial charge in [-0.2, -0.15) is 18.2 Å². The first-order chi connectivity index (χ1) is 11.3. The second-order valence-corrected chi connectivity index (χ2v) is 5.50. The molecule has 0 aliphatic heterocycles. The molecule has 1 aromatic heterocycles. The molecular weight excluding hydrogens is 332 g/mol. The van der Waals surface area contributed by atoms with Crippen LogP contribution < -0.4 is 0 Å². The third-order valence-electron chi connectivity index (χ3n) is 3.48. The number of rotatable bonds is 6. The van der Waals surface area contributed by atoms with E-state index in [1.54, 1.807) is 0 Å². The summed E-state index contributed by atoms with van der Waals surface area (Å²) < 4.78 is 60.6. The van der Waals surface area contributed by atoms with Crippen molar-refractivity contribution in [1.82, 2.24) is 10.1 Å². The summed E-state index contributed by atoms with van der Waals surface area (Å²) in [5.74, 6) is -2.88. The van der Waals surface area contributed by atoms with Crippen molar-refractivity contribution in [3.05, 3.63) is 35.5 Å². The summed E-state index contributed by atoms with van der Waals surface area (Å²) >= 11 is 0. The number of alkyl halides is 3. The summed E-state index contributed by atoms with van der Waals surface area (Å²) in [6.07, 6.45) is -2.64. The van der Waals surface area contributed by atoms with Gasteiger partial charge >= 0.3 is 12.1 Å². The van der Waals surface area contributed by atoms with E-state index in [-0.39, 0.29) is 17.7 Å². The molecule has 1 aromatic carbocycles. The zero-order valence-electron chi connectivity index (χ0n) is 12.3. The van der Waals surface area contributed by atoms with E-state index in [2.05, 4.69) is 14.7 Å². The Hall–Kier alpha value is -2.29. The molecule has 0 unspecified atom stereocenters. The molecule has 0 atom stereocenters. The van der Waals surface area contributed by atoms with Crippen LogP contribution in [0.4, 0.5) is 17.6 Å². The van der Waals surface area contributed by atoms with Crippen molar-refractivity contribution in [2.24, 2.45) is 5.92 Å². The van der Waals surface area contributed by atoms with Gasteiger partial charge in [-0.3, -0.25) is 4.79 Å². The van der Waals surface area contributed by atoms with E-state index in [4.69, 9.17) is 4.74 Å². The highest BCUT2D eigenvalue weighted by atomic mass is 19.4. The van der Waals surface area contributed by atoms with Crippen LogP contribution in [-0.2, 0) is 10.9 Å². The van der Waals surface area contributed by atoms with E-state index in [0.29, 0.717) is 12.5 Å². The Balaban J connectivity index is 1.71. The molecule has 9 heteroatoms. The third-order valence-corrected chi connectivity index (χ3v) is 3.48. The van der Waals surface area contributed by atoms with Gasteiger partial charge in [0.1, 0.15) is 12.4 Å². The molecule has 1 saturated carbocycles. The molecule has 1 aliphatic carbocycles. The minimum absolute atomic E-state index is 0.0257. The van der Waals surface area contributed by atoms with Gasteiger partial charge in [0.15, 0.2) is 5.78 Å². The van der Waals surface area contributed by atoms with Gasteiger partial charge in [-0.1, -0.05) is 11.2 Å². The Kier molecular flexibility index (Phi) is 4.35. The highest BCUT2D eigenvalue weighted by Crippen LogP contribution is 2.30. The molecule has 1 aliphatic rings. The average molecular weight is 344 g/mol. The highest BCUT2D eigenvalue weighted by molar-refractivity contribution is 5.97. The van der Waals surface area contributed by atoms with Gasteiger partial charge < -0.3 is 9.26 Å². The van der Waals surface area contributed by atoms with Crippen LogP contribution in [0.3, 0.4) is 0 Å².